The average molecular weight is 259 g/mol. The van der Waals surface area contributed by atoms with Crippen molar-refractivity contribution in [2.75, 3.05) is 0 Å². The molecule has 1 aliphatic heterocycles. The van der Waals surface area contributed by atoms with Crippen LogP contribution >= 0.6 is 11.6 Å². The van der Waals surface area contributed by atoms with Gasteiger partial charge in [0.2, 0.25) is 0 Å². The lowest BCUT2D eigenvalue weighted by Gasteiger charge is -2.18. The molecule has 3 atom stereocenters. The zero-order chi connectivity index (χ0) is 12.6. The van der Waals surface area contributed by atoms with Crippen molar-refractivity contribution in [2.24, 2.45) is 0 Å². The van der Waals surface area contributed by atoms with Crippen molar-refractivity contribution < 1.29 is 14.3 Å². The Morgan fingerprint density at radius 2 is 2.18 bits per heavy atom. The fourth-order valence-corrected chi connectivity index (χ4v) is 2.29. The van der Waals surface area contributed by atoms with Crippen molar-refractivity contribution in [3.63, 3.8) is 0 Å². The van der Waals surface area contributed by atoms with Crippen LogP contribution in [0, 0.1) is 5.82 Å². The van der Waals surface area contributed by atoms with Crippen molar-refractivity contribution in [2.45, 2.75) is 24.9 Å². The van der Waals surface area contributed by atoms with Crippen LogP contribution < -0.4 is 10.9 Å². The Kier molecular flexibility index (Phi) is 3.33. The minimum Gasteiger partial charge on any atom is -0.480 e. The Morgan fingerprint density at radius 1 is 1.47 bits per heavy atom. The third-order valence-corrected chi connectivity index (χ3v) is 3.25. The van der Waals surface area contributed by atoms with Crippen molar-refractivity contribution >= 4 is 17.6 Å². The highest BCUT2D eigenvalue weighted by Gasteiger charge is 2.39. The van der Waals surface area contributed by atoms with Crippen LogP contribution in [0.2, 0.25) is 5.02 Å². The Balaban J connectivity index is 2.36. The molecule has 0 saturated carbocycles. The molecule has 0 bridgehead atoms. The van der Waals surface area contributed by atoms with Gasteiger partial charge in [-0.3, -0.25) is 10.2 Å². The maximum absolute atomic E-state index is 13.1. The van der Waals surface area contributed by atoms with Gasteiger partial charge in [-0.25, -0.2) is 9.82 Å². The minimum atomic E-state index is -0.952. The summed E-state index contributed by atoms with van der Waals surface area (Å²) in [6.07, 6.45) is 0. The molecule has 2 rings (SSSR count). The summed E-state index contributed by atoms with van der Waals surface area (Å²) < 4.78 is 13.1. The summed E-state index contributed by atoms with van der Waals surface area (Å²) in [5.41, 5.74) is 6.27. The molecule has 6 heteroatoms. The summed E-state index contributed by atoms with van der Waals surface area (Å²) in [7, 11) is 0. The van der Waals surface area contributed by atoms with Crippen molar-refractivity contribution in [3.8, 4) is 0 Å². The normalized spacial score (nSPS) is 28.3. The molecule has 1 saturated heterocycles. The predicted molar refractivity (Wildman–Crippen MR) is 61.3 cm³/mol. The zero-order valence-corrected chi connectivity index (χ0v) is 9.83. The van der Waals surface area contributed by atoms with Crippen LogP contribution in [0.25, 0.3) is 0 Å². The fraction of sp³-hybridized carbons (Fsp3) is 0.364. The van der Waals surface area contributed by atoms with Crippen LogP contribution in [0.4, 0.5) is 4.39 Å². The molecule has 0 amide bonds. The van der Waals surface area contributed by atoms with Gasteiger partial charge < -0.3 is 5.11 Å². The number of hydrazine groups is 1. The lowest BCUT2D eigenvalue weighted by molar-refractivity contribution is -0.139. The van der Waals surface area contributed by atoms with Crippen molar-refractivity contribution in [1.82, 2.24) is 10.9 Å². The minimum absolute atomic E-state index is 0.00531. The Labute approximate surface area is 103 Å². The molecular weight excluding hydrogens is 247 g/mol. The average Bonchev–Trinajstić information content (AvgIpc) is 2.64. The number of nitrogens with one attached hydrogen (secondary N) is 2. The van der Waals surface area contributed by atoms with Crippen LogP contribution in [0.15, 0.2) is 18.2 Å². The van der Waals surface area contributed by atoms with E-state index in [0.717, 1.165) is 0 Å². The van der Waals surface area contributed by atoms with Gasteiger partial charge in [-0.15, -0.1) is 0 Å². The molecule has 0 aliphatic carbocycles. The second-order valence-corrected chi connectivity index (χ2v) is 4.50. The number of benzene rings is 1. The van der Waals surface area contributed by atoms with Crippen LogP contribution in [-0.4, -0.2) is 23.2 Å². The standard InChI is InChI=1S/C11H12ClFN2O2/c1-5-9(10(11(16)17)15-14-5)6-2-3-8(13)7(12)4-6/h2-5,9-10,14-15H,1H3,(H,16,17). The number of carboxylic acid groups (broad SMARTS) is 1. The van der Waals surface area contributed by atoms with E-state index in [0.29, 0.717) is 5.56 Å². The SMILES string of the molecule is CC1NNC(C(=O)O)C1c1ccc(F)c(Cl)c1. The summed E-state index contributed by atoms with van der Waals surface area (Å²) in [6, 6.07) is 3.47. The van der Waals surface area contributed by atoms with Crippen LogP contribution in [0.3, 0.4) is 0 Å². The predicted octanol–water partition coefficient (Wildman–Crippen LogP) is 1.51. The van der Waals surface area contributed by atoms with Crippen LogP contribution in [-0.2, 0) is 4.79 Å². The largest absolute Gasteiger partial charge is 0.480 e. The number of carboxylic acids is 1. The second-order valence-electron chi connectivity index (χ2n) is 4.09. The fourth-order valence-electron chi connectivity index (χ4n) is 2.11. The van der Waals surface area contributed by atoms with E-state index in [4.69, 9.17) is 16.7 Å². The lowest BCUT2D eigenvalue weighted by atomic mass is 9.88. The Bertz CT molecular complexity index is 455. The van der Waals surface area contributed by atoms with Gasteiger partial charge in [0.15, 0.2) is 0 Å². The number of aliphatic carboxylic acids is 1. The lowest BCUT2D eigenvalue weighted by Crippen LogP contribution is -2.38. The molecule has 92 valence electrons. The number of hydrogen-bond acceptors (Lipinski definition) is 3. The van der Waals surface area contributed by atoms with E-state index in [-0.39, 0.29) is 17.0 Å². The van der Waals surface area contributed by atoms with Gasteiger partial charge in [0, 0.05) is 12.0 Å². The summed E-state index contributed by atoms with van der Waals surface area (Å²) >= 11 is 5.70. The highest BCUT2D eigenvalue weighted by Crippen LogP contribution is 2.30. The molecule has 1 aliphatic rings. The molecule has 0 spiro atoms. The van der Waals surface area contributed by atoms with E-state index in [1.807, 2.05) is 6.92 Å². The number of hydrogen-bond donors (Lipinski definition) is 3. The van der Waals surface area contributed by atoms with Crippen molar-refractivity contribution in [1.29, 1.82) is 0 Å². The van der Waals surface area contributed by atoms with Gasteiger partial charge in [0.1, 0.15) is 11.9 Å². The second kappa shape index (κ2) is 4.60. The summed E-state index contributed by atoms with van der Waals surface area (Å²) in [6.45, 7) is 1.86. The van der Waals surface area contributed by atoms with Gasteiger partial charge in [-0.2, -0.15) is 0 Å². The smallest absolute Gasteiger partial charge is 0.322 e. The summed E-state index contributed by atoms with van der Waals surface area (Å²) in [5.74, 6) is -1.74. The first-order valence-corrected chi connectivity index (χ1v) is 5.57. The molecule has 0 radical (unpaired) electrons. The van der Waals surface area contributed by atoms with E-state index in [2.05, 4.69) is 10.9 Å². The maximum Gasteiger partial charge on any atom is 0.322 e. The monoisotopic (exact) mass is 258 g/mol. The van der Waals surface area contributed by atoms with Gasteiger partial charge in [0.05, 0.1) is 5.02 Å². The highest BCUT2D eigenvalue weighted by molar-refractivity contribution is 6.30. The van der Waals surface area contributed by atoms with E-state index < -0.39 is 17.8 Å². The number of rotatable bonds is 2. The quantitative estimate of drug-likeness (QED) is 0.753. The summed E-state index contributed by atoms with van der Waals surface area (Å²) in [5, 5.41) is 9.08. The highest BCUT2D eigenvalue weighted by atomic mass is 35.5. The van der Waals surface area contributed by atoms with Gasteiger partial charge in [-0.05, 0) is 24.6 Å². The molecule has 3 N–H and O–H groups in total. The van der Waals surface area contributed by atoms with Gasteiger partial charge >= 0.3 is 5.97 Å². The van der Waals surface area contributed by atoms with E-state index in [9.17, 15) is 9.18 Å². The molecular formula is C11H12ClFN2O2. The topological polar surface area (TPSA) is 61.4 Å². The Hall–Kier alpha value is -1.17. The summed E-state index contributed by atoms with van der Waals surface area (Å²) in [4.78, 5) is 11.1. The molecule has 4 nitrogen and oxygen atoms in total. The molecule has 0 aromatic heterocycles. The zero-order valence-electron chi connectivity index (χ0n) is 9.08. The molecule has 3 unspecified atom stereocenters. The molecule has 1 aromatic carbocycles. The van der Waals surface area contributed by atoms with Gasteiger partial charge in [0.25, 0.3) is 0 Å². The third-order valence-electron chi connectivity index (χ3n) is 2.96. The van der Waals surface area contributed by atoms with E-state index in [1.165, 1.54) is 12.1 Å². The number of carbonyl (C=O) groups is 1. The van der Waals surface area contributed by atoms with Crippen LogP contribution in [0.1, 0.15) is 18.4 Å². The van der Waals surface area contributed by atoms with Crippen LogP contribution in [0.5, 0.6) is 0 Å². The third kappa shape index (κ3) is 2.26. The Morgan fingerprint density at radius 3 is 2.76 bits per heavy atom. The van der Waals surface area contributed by atoms with Crippen molar-refractivity contribution in [3.05, 3.63) is 34.6 Å². The molecule has 1 fully saturated rings. The first-order chi connectivity index (χ1) is 8.00. The number of halogens is 2. The molecule has 1 heterocycles. The maximum atomic E-state index is 13.1. The van der Waals surface area contributed by atoms with E-state index in [1.54, 1.807) is 6.07 Å². The van der Waals surface area contributed by atoms with E-state index >= 15 is 0 Å². The van der Waals surface area contributed by atoms with Gasteiger partial charge in [-0.1, -0.05) is 17.7 Å². The first-order valence-electron chi connectivity index (χ1n) is 5.19. The first kappa shape index (κ1) is 12.3. The molecule has 1 aromatic rings. The molecule has 17 heavy (non-hydrogen) atoms.